The van der Waals surface area contributed by atoms with E-state index in [1.807, 2.05) is 21.1 Å². The van der Waals surface area contributed by atoms with Crippen molar-refractivity contribution in [2.75, 3.05) is 47.5 Å². The Morgan fingerprint density at radius 2 is 0.891 bits per heavy atom. The maximum atomic E-state index is 12.7. The van der Waals surface area contributed by atoms with Gasteiger partial charge in [0, 0.05) is 12.8 Å². The van der Waals surface area contributed by atoms with Crippen molar-refractivity contribution in [3.63, 3.8) is 0 Å². The highest BCUT2D eigenvalue weighted by atomic mass is 31.2. The van der Waals surface area contributed by atoms with Gasteiger partial charge in [-0.1, -0.05) is 224 Å². The van der Waals surface area contributed by atoms with Crippen LogP contribution in [0.25, 0.3) is 0 Å². The number of phosphoric ester groups is 1. The number of allylic oxidation sites excluding steroid dienone is 6. The average Bonchev–Trinajstić information content (AvgIpc) is 3.25. The molecule has 0 heterocycles. The fourth-order valence-corrected chi connectivity index (χ4v) is 8.28. The minimum Gasteiger partial charge on any atom is -0.756 e. The summed E-state index contributed by atoms with van der Waals surface area (Å²) in [5.41, 5.74) is 0. The second-order valence-corrected chi connectivity index (χ2v) is 20.6. The van der Waals surface area contributed by atoms with Crippen LogP contribution < -0.4 is 4.89 Å². The number of carbonyl (C=O) groups excluding carboxylic acids is 2. The molecule has 0 aliphatic rings. The Kier molecular flexibility index (Phi) is 45.1. The van der Waals surface area contributed by atoms with Crippen molar-refractivity contribution in [2.24, 2.45) is 0 Å². The lowest BCUT2D eigenvalue weighted by Crippen LogP contribution is -2.37. The first kappa shape index (κ1) is 62.2. The van der Waals surface area contributed by atoms with Gasteiger partial charge in [-0.2, -0.15) is 0 Å². The van der Waals surface area contributed by atoms with E-state index in [4.69, 9.17) is 18.5 Å². The summed E-state index contributed by atoms with van der Waals surface area (Å²) in [6, 6.07) is 0. The van der Waals surface area contributed by atoms with Gasteiger partial charge in [0.05, 0.1) is 27.7 Å². The fourth-order valence-electron chi connectivity index (χ4n) is 7.55. The van der Waals surface area contributed by atoms with E-state index in [2.05, 4.69) is 50.3 Å². The smallest absolute Gasteiger partial charge is 0.306 e. The Hall–Kier alpha value is -1.77. The molecule has 0 aromatic carbocycles. The van der Waals surface area contributed by atoms with Gasteiger partial charge in [-0.25, -0.2) is 0 Å². The number of quaternary nitrogens is 1. The van der Waals surface area contributed by atoms with Crippen molar-refractivity contribution in [3.8, 4) is 0 Å². The number of rotatable bonds is 49. The summed E-state index contributed by atoms with van der Waals surface area (Å²) in [6.45, 7) is 4.11. The predicted octanol–water partition coefficient (Wildman–Crippen LogP) is 15.4. The van der Waals surface area contributed by atoms with Gasteiger partial charge in [-0.3, -0.25) is 14.2 Å². The Bertz CT molecular complexity index is 1180. The van der Waals surface area contributed by atoms with Gasteiger partial charge < -0.3 is 27.9 Å². The summed E-state index contributed by atoms with van der Waals surface area (Å²) in [4.78, 5) is 37.7. The van der Waals surface area contributed by atoms with E-state index >= 15 is 0 Å². The molecule has 0 amide bonds. The maximum absolute atomic E-state index is 12.7. The normalized spacial score (nSPS) is 13.7. The molecule has 64 heavy (non-hydrogen) atoms. The molecule has 0 N–H and O–H groups in total. The molecule has 2 unspecified atom stereocenters. The third-order valence-electron chi connectivity index (χ3n) is 11.7. The highest BCUT2D eigenvalue weighted by Gasteiger charge is 2.21. The van der Waals surface area contributed by atoms with E-state index in [0.717, 1.165) is 57.8 Å². The highest BCUT2D eigenvalue weighted by Crippen LogP contribution is 2.38. The van der Waals surface area contributed by atoms with Crippen LogP contribution in [-0.4, -0.2) is 70.0 Å². The summed E-state index contributed by atoms with van der Waals surface area (Å²) in [5.74, 6) is -0.860. The maximum Gasteiger partial charge on any atom is 0.306 e. The quantitative estimate of drug-likeness (QED) is 0.0195. The number of hydrogen-bond acceptors (Lipinski definition) is 8. The molecular weight excluding hydrogens is 822 g/mol. The molecule has 0 radical (unpaired) electrons. The minimum atomic E-state index is -4.63. The van der Waals surface area contributed by atoms with Gasteiger partial charge in [0.25, 0.3) is 7.82 Å². The van der Waals surface area contributed by atoms with Crippen molar-refractivity contribution < 1.29 is 42.1 Å². The first-order chi connectivity index (χ1) is 31.0. The van der Waals surface area contributed by atoms with E-state index in [1.165, 1.54) is 154 Å². The lowest BCUT2D eigenvalue weighted by atomic mass is 10.0. The molecule has 0 spiro atoms. The van der Waals surface area contributed by atoms with Crippen molar-refractivity contribution in [1.82, 2.24) is 0 Å². The number of unbranched alkanes of at least 4 members (excludes halogenated alkanes) is 29. The number of likely N-dealkylation sites (N-methyl/N-ethyl adjacent to an activating group) is 1. The summed E-state index contributed by atoms with van der Waals surface area (Å²) in [6.07, 6.45) is 54.9. The van der Waals surface area contributed by atoms with E-state index in [-0.39, 0.29) is 32.0 Å². The molecule has 0 aromatic rings. The SMILES string of the molecule is CC/C=C\C/C=C\C/C=C\CCCCCC(=O)OC(COC(=O)CCCCCCCCCCCCCCCCCCCCCCCCCCCCC)COP(=O)([O-])OCC[N+](C)(C)C. The zero-order valence-corrected chi connectivity index (χ0v) is 43.4. The average molecular weight is 924 g/mol. The molecule has 0 bridgehead atoms. The van der Waals surface area contributed by atoms with Crippen molar-refractivity contribution in [3.05, 3.63) is 36.5 Å². The number of nitrogens with zero attached hydrogens (tertiary/aromatic N) is 1. The summed E-state index contributed by atoms with van der Waals surface area (Å²) < 4.78 is 34.0. The van der Waals surface area contributed by atoms with E-state index in [0.29, 0.717) is 17.4 Å². The third kappa shape index (κ3) is 49.7. The Balaban J connectivity index is 4.08. The van der Waals surface area contributed by atoms with Crippen LogP contribution in [0.3, 0.4) is 0 Å². The molecule has 0 aliphatic carbocycles. The molecule has 0 saturated heterocycles. The third-order valence-corrected chi connectivity index (χ3v) is 12.6. The molecule has 0 aromatic heterocycles. The van der Waals surface area contributed by atoms with Gasteiger partial charge in [0.2, 0.25) is 0 Å². The molecule has 376 valence electrons. The van der Waals surface area contributed by atoms with Crippen molar-refractivity contribution in [1.29, 1.82) is 0 Å². The topological polar surface area (TPSA) is 111 Å². The summed E-state index contributed by atoms with van der Waals surface area (Å²) >= 11 is 0. The number of carbonyl (C=O) groups is 2. The first-order valence-corrected chi connectivity index (χ1v) is 28.2. The van der Waals surface area contributed by atoms with E-state index in [1.54, 1.807) is 0 Å². The summed E-state index contributed by atoms with van der Waals surface area (Å²) in [7, 11) is 1.15. The highest BCUT2D eigenvalue weighted by molar-refractivity contribution is 7.45. The minimum absolute atomic E-state index is 0.0358. The van der Waals surface area contributed by atoms with Crippen LogP contribution in [0, 0.1) is 0 Å². The molecule has 10 heteroatoms. The second kappa shape index (κ2) is 46.3. The monoisotopic (exact) mass is 924 g/mol. The molecule has 9 nitrogen and oxygen atoms in total. The first-order valence-electron chi connectivity index (χ1n) is 26.7. The standard InChI is InChI=1S/C54H102NO8P/c1-6-8-10-12-14-16-18-20-21-22-23-24-25-26-27-28-29-30-31-32-33-35-36-38-40-42-44-46-53(56)60-50-52(51-62-64(58,59)61-49-48-55(3,4)5)63-54(57)47-45-43-41-39-37-34-19-17-15-13-11-9-7-2/h9,11,15,17,34,37,52H,6-8,10,12-14,16,18-33,35-36,38-51H2,1-5H3/b11-9-,17-15-,37-34-. The van der Waals surface area contributed by atoms with Crippen LogP contribution in [0.1, 0.15) is 245 Å². The van der Waals surface area contributed by atoms with Crippen LogP contribution in [-0.2, 0) is 32.7 Å². The molecule has 2 atom stereocenters. The Labute approximate surface area is 395 Å². The zero-order chi connectivity index (χ0) is 47.1. The molecule has 0 fully saturated rings. The molecule has 0 aliphatic heterocycles. The van der Waals surface area contributed by atoms with Crippen molar-refractivity contribution >= 4 is 19.8 Å². The van der Waals surface area contributed by atoms with E-state index < -0.39 is 26.5 Å². The number of hydrogen-bond donors (Lipinski definition) is 0. The second-order valence-electron chi connectivity index (χ2n) is 19.2. The summed E-state index contributed by atoms with van der Waals surface area (Å²) in [5, 5.41) is 0. The van der Waals surface area contributed by atoms with E-state index in [9.17, 15) is 19.0 Å². The fraction of sp³-hybridized carbons (Fsp3) is 0.852. The molecule has 0 rings (SSSR count). The molecule has 0 saturated carbocycles. The van der Waals surface area contributed by atoms with Crippen LogP contribution in [0.5, 0.6) is 0 Å². The number of esters is 2. The number of ether oxygens (including phenoxy) is 2. The predicted molar refractivity (Wildman–Crippen MR) is 268 cm³/mol. The largest absolute Gasteiger partial charge is 0.756 e. The van der Waals surface area contributed by atoms with Gasteiger partial charge >= 0.3 is 11.9 Å². The van der Waals surface area contributed by atoms with Gasteiger partial charge in [0.1, 0.15) is 19.8 Å². The number of phosphoric acid groups is 1. The van der Waals surface area contributed by atoms with Crippen LogP contribution >= 0.6 is 7.82 Å². The lowest BCUT2D eigenvalue weighted by molar-refractivity contribution is -0.870. The van der Waals surface area contributed by atoms with Crippen LogP contribution in [0.4, 0.5) is 0 Å². The Morgan fingerprint density at radius 1 is 0.500 bits per heavy atom. The van der Waals surface area contributed by atoms with Crippen LogP contribution in [0.2, 0.25) is 0 Å². The molecular formula is C54H102NO8P. The Morgan fingerprint density at radius 3 is 1.33 bits per heavy atom. The van der Waals surface area contributed by atoms with Crippen molar-refractivity contribution in [2.45, 2.75) is 251 Å². The lowest BCUT2D eigenvalue weighted by Gasteiger charge is -2.28. The van der Waals surface area contributed by atoms with Gasteiger partial charge in [-0.05, 0) is 44.9 Å². The van der Waals surface area contributed by atoms with Crippen LogP contribution in [0.15, 0.2) is 36.5 Å². The van der Waals surface area contributed by atoms with Gasteiger partial charge in [0.15, 0.2) is 6.10 Å². The zero-order valence-electron chi connectivity index (χ0n) is 42.5. The van der Waals surface area contributed by atoms with Gasteiger partial charge in [-0.15, -0.1) is 0 Å².